The molecule has 1 aromatic heterocycles. The van der Waals surface area contributed by atoms with E-state index in [1.54, 1.807) is 0 Å². The third kappa shape index (κ3) is 3.13. The number of nitrogens with two attached hydrogens (primary N) is 1. The largest absolute Gasteiger partial charge is 0.465 e. The van der Waals surface area contributed by atoms with Gasteiger partial charge in [0.2, 0.25) is 0 Å². The first-order chi connectivity index (χ1) is 8.60. The molecule has 0 atom stereocenters. The fraction of sp³-hybridized carbons (Fsp3) is 0.714. The fourth-order valence-corrected chi connectivity index (χ4v) is 2.68. The van der Waals surface area contributed by atoms with E-state index in [0.717, 1.165) is 42.8 Å². The van der Waals surface area contributed by atoms with Crippen molar-refractivity contribution in [3.8, 4) is 0 Å². The van der Waals surface area contributed by atoms with E-state index in [1.165, 1.54) is 12.8 Å². The summed E-state index contributed by atoms with van der Waals surface area (Å²) in [5.41, 5.74) is 6.80. The van der Waals surface area contributed by atoms with Crippen molar-refractivity contribution < 1.29 is 4.42 Å². The lowest BCUT2D eigenvalue weighted by atomic mass is 10.0. The van der Waals surface area contributed by atoms with Crippen molar-refractivity contribution in [1.29, 1.82) is 0 Å². The molecule has 0 saturated carbocycles. The quantitative estimate of drug-likeness (QED) is 0.882. The van der Waals surface area contributed by atoms with Crippen LogP contribution in [0.3, 0.4) is 0 Å². The topological polar surface area (TPSA) is 45.6 Å². The molecule has 0 amide bonds. The second-order valence-electron chi connectivity index (χ2n) is 5.47. The van der Waals surface area contributed by atoms with E-state index in [-0.39, 0.29) is 0 Å². The van der Waals surface area contributed by atoms with Crippen LogP contribution in [0.5, 0.6) is 0 Å². The van der Waals surface area contributed by atoms with E-state index in [4.69, 9.17) is 10.2 Å². The monoisotopic (exact) mass is 251 g/mol. The van der Waals surface area contributed by atoms with Crippen molar-refractivity contribution in [1.82, 2.24) is 9.80 Å². The maximum Gasteiger partial charge on any atom is 0.118 e. The molecule has 2 heterocycles. The van der Waals surface area contributed by atoms with Crippen molar-refractivity contribution in [2.45, 2.75) is 38.9 Å². The van der Waals surface area contributed by atoms with Crippen LogP contribution in [0.25, 0.3) is 0 Å². The van der Waals surface area contributed by atoms with Crippen molar-refractivity contribution in [3.05, 3.63) is 23.2 Å². The summed E-state index contributed by atoms with van der Waals surface area (Å²) in [7, 11) is 4.34. The number of aryl methyl sites for hydroxylation is 1. The van der Waals surface area contributed by atoms with Crippen LogP contribution in [-0.2, 0) is 13.1 Å². The fourth-order valence-electron chi connectivity index (χ4n) is 2.68. The van der Waals surface area contributed by atoms with Gasteiger partial charge in [0.1, 0.15) is 11.5 Å². The molecule has 1 aliphatic rings. The van der Waals surface area contributed by atoms with E-state index in [1.807, 2.05) is 6.92 Å². The molecule has 1 aliphatic heterocycles. The summed E-state index contributed by atoms with van der Waals surface area (Å²) in [6.45, 7) is 5.78. The maximum absolute atomic E-state index is 5.75. The zero-order valence-corrected chi connectivity index (χ0v) is 11.8. The second-order valence-corrected chi connectivity index (χ2v) is 5.47. The summed E-state index contributed by atoms with van der Waals surface area (Å²) in [6.07, 6.45) is 2.49. The SMILES string of the molecule is Cc1oc(CN2CCC(N(C)C)CC2)cc1CN. The average Bonchev–Trinajstić information content (AvgIpc) is 2.70. The number of hydrogen-bond donors (Lipinski definition) is 1. The summed E-state index contributed by atoms with van der Waals surface area (Å²) in [4.78, 5) is 4.81. The van der Waals surface area contributed by atoms with Gasteiger partial charge in [-0.15, -0.1) is 0 Å². The molecule has 0 unspecified atom stereocenters. The molecule has 1 aromatic rings. The Bertz CT molecular complexity index is 378. The minimum atomic E-state index is 0.567. The standard InChI is InChI=1S/C14H25N3O/c1-11-12(9-15)8-14(18-11)10-17-6-4-13(5-7-17)16(2)3/h8,13H,4-7,9-10,15H2,1-3H3. The lowest BCUT2D eigenvalue weighted by Gasteiger charge is -2.34. The van der Waals surface area contributed by atoms with Gasteiger partial charge in [0, 0.05) is 31.2 Å². The highest BCUT2D eigenvalue weighted by Gasteiger charge is 2.21. The molecule has 4 nitrogen and oxygen atoms in total. The predicted octanol–water partition coefficient (Wildman–Crippen LogP) is 1.57. The van der Waals surface area contributed by atoms with Crippen LogP contribution < -0.4 is 5.73 Å². The summed E-state index contributed by atoms with van der Waals surface area (Å²) in [5, 5.41) is 0. The predicted molar refractivity (Wildman–Crippen MR) is 73.3 cm³/mol. The Labute approximate surface area is 110 Å². The van der Waals surface area contributed by atoms with Crippen molar-refractivity contribution in [2.24, 2.45) is 5.73 Å². The highest BCUT2D eigenvalue weighted by molar-refractivity contribution is 5.20. The molecule has 1 saturated heterocycles. The van der Waals surface area contributed by atoms with Crippen LogP contribution in [0.4, 0.5) is 0 Å². The number of rotatable bonds is 4. The Morgan fingerprint density at radius 2 is 2.06 bits per heavy atom. The van der Waals surface area contributed by atoms with Gasteiger partial charge in [0.05, 0.1) is 6.54 Å². The highest BCUT2D eigenvalue weighted by Crippen LogP contribution is 2.19. The second kappa shape index (κ2) is 5.87. The zero-order chi connectivity index (χ0) is 13.1. The number of likely N-dealkylation sites (tertiary alicyclic amines) is 1. The Hall–Kier alpha value is -0.840. The van der Waals surface area contributed by atoms with Gasteiger partial charge in [-0.2, -0.15) is 0 Å². The molecular weight excluding hydrogens is 226 g/mol. The van der Waals surface area contributed by atoms with Gasteiger partial charge in [0.25, 0.3) is 0 Å². The molecular formula is C14H25N3O. The first-order valence-corrected chi connectivity index (χ1v) is 6.77. The maximum atomic E-state index is 5.75. The van der Waals surface area contributed by atoms with Gasteiger partial charge in [0.15, 0.2) is 0 Å². The molecule has 2 rings (SSSR count). The third-order valence-corrected chi connectivity index (χ3v) is 3.96. The molecule has 18 heavy (non-hydrogen) atoms. The minimum Gasteiger partial charge on any atom is -0.465 e. The van der Waals surface area contributed by atoms with Crippen molar-refractivity contribution in [2.75, 3.05) is 27.2 Å². The van der Waals surface area contributed by atoms with E-state index in [0.29, 0.717) is 6.54 Å². The van der Waals surface area contributed by atoms with Crippen molar-refractivity contribution in [3.63, 3.8) is 0 Å². The van der Waals surface area contributed by atoms with Crippen LogP contribution in [0.2, 0.25) is 0 Å². The Morgan fingerprint density at radius 1 is 1.39 bits per heavy atom. The van der Waals surface area contributed by atoms with Crippen molar-refractivity contribution >= 4 is 0 Å². The van der Waals surface area contributed by atoms with E-state index < -0.39 is 0 Å². The minimum absolute atomic E-state index is 0.567. The Kier molecular flexibility index (Phi) is 4.43. The Morgan fingerprint density at radius 3 is 2.56 bits per heavy atom. The lowest BCUT2D eigenvalue weighted by Crippen LogP contribution is -2.41. The van der Waals surface area contributed by atoms with Gasteiger partial charge in [-0.1, -0.05) is 0 Å². The van der Waals surface area contributed by atoms with E-state index >= 15 is 0 Å². The summed E-state index contributed by atoms with van der Waals surface area (Å²) >= 11 is 0. The molecule has 0 spiro atoms. The van der Waals surface area contributed by atoms with Crippen LogP contribution in [0.1, 0.15) is 29.9 Å². The average molecular weight is 251 g/mol. The van der Waals surface area contributed by atoms with Gasteiger partial charge >= 0.3 is 0 Å². The van der Waals surface area contributed by atoms with Crippen LogP contribution in [0.15, 0.2) is 10.5 Å². The summed E-state index contributed by atoms with van der Waals surface area (Å²) in [5.74, 6) is 2.02. The molecule has 2 N–H and O–H groups in total. The molecule has 0 aromatic carbocycles. The van der Waals surface area contributed by atoms with Crippen LogP contribution >= 0.6 is 0 Å². The summed E-state index contributed by atoms with van der Waals surface area (Å²) < 4.78 is 5.75. The number of hydrogen-bond acceptors (Lipinski definition) is 4. The number of nitrogens with zero attached hydrogens (tertiary/aromatic N) is 2. The van der Waals surface area contributed by atoms with Gasteiger partial charge < -0.3 is 15.1 Å². The molecule has 0 aliphatic carbocycles. The van der Waals surface area contributed by atoms with E-state index in [9.17, 15) is 0 Å². The highest BCUT2D eigenvalue weighted by atomic mass is 16.3. The summed E-state index contributed by atoms with van der Waals surface area (Å²) in [6, 6.07) is 2.84. The van der Waals surface area contributed by atoms with E-state index in [2.05, 4.69) is 30.0 Å². The van der Waals surface area contributed by atoms with Gasteiger partial charge in [-0.3, -0.25) is 4.90 Å². The number of piperidine rings is 1. The lowest BCUT2D eigenvalue weighted by molar-refractivity contribution is 0.133. The third-order valence-electron chi connectivity index (χ3n) is 3.96. The van der Waals surface area contributed by atoms with Gasteiger partial charge in [-0.25, -0.2) is 0 Å². The van der Waals surface area contributed by atoms with Crippen LogP contribution in [-0.4, -0.2) is 43.0 Å². The van der Waals surface area contributed by atoms with Crippen LogP contribution in [0, 0.1) is 6.92 Å². The molecule has 102 valence electrons. The smallest absolute Gasteiger partial charge is 0.118 e. The first-order valence-electron chi connectivity index (χ1n) is 6.77. The molecule has 4 heteroatoms. The molecule has 0 bridgehead atoms. The van der Waals surface area contributed by atoms with Gasteiger partial charge in [-0.05, 0) is 39.9 Å². The molecule has 1 fully saturated rings. The zero-order valence-electron chi connectivity index (χ0n) is 11.8. The first kappa shape index (κ1) is 13.6. The molecule has 0 radical (unpaired) electrons. The Balaban J connectivity index is 1.87. The number of furan rings is 1. The normalized spacial score (nSPS) is 18.7.